The minimum absolute atomic E-state index is 0.383. The van der Waals surface area contributed by atoms with Gasteiger partial charge in [0.25, 0.3) is 11.8 Å². The van der Waals surface area contributed by atoms with Crippen molar-refractivity contribution in [3.63, 3.8) is 0 Å². The monoisotopic (exact) mass is 400 g/mol. The zero-order valence-electron chi connectivity index (χ0n) is 16.0. The summed E-state index contributed by atoms with van der Waals surface area (Å²) in [6.07, 6.45) is 4.88. The van der Waals surface area contributed by atoms with Crippen molar-refractivity contribution in [3.8, 4) is 11.8 Å². The number of imide groups is 1. The third-order valence-corrected chi connectivity index (χ3v) is 4.30. The Morgan fingerprint density at radius 3 is 2.37 bits per heavy atom. The summed E-state index contributed by atoms with van der Waals surface area (Å²) >= 11 is 0. The van der Waals surface area contributed by atoms with Crippen molar-refractivity contribution in [1.29, 1.82) is 10.8 Å². The molecule has 0 bridgehead atoms. The summed E-state index contributed by atoms with van der Waals surface area (Å²) in [6, 6.07) is 16.2. The third kappa shape index (κ3) is 4.93. The van der Waals surface area contributed by atoms with Gasteiger partial charge in [-0.3, -0.25) is 9.59 Å². The van der Waals surface area contributed by atoms with Crippen molar-refractivity contribution < 1.29 is 14.3 Å². The highest BCUT2D eigenvalue weighted by molar-refractivity contribution is 6.28. The number of anilines is 1. The molecule has 1 N–H and O–H groups in total. The average Bonchev–Trinajstić information content (AvgIpc) is 3.11. The van der Waals surface area contributed by atoms with E-state index in [4.69, 9.17) is 10.3 Å². The number of allylic oxidation sites excluding steroid dienone is 1. The number of rotatable bonds is 8. The first-order chi connectivity index (χ1) is 14.6. The number of nitriles is 1. The number of hydrogen-bond acceptors (Lipinski definition) is 6. The first-order valence-electron chi connectivity index (χ1n) is 9.17. The van der Waals surface area contributed by atoms with Gasteiger partial charge in [0.15, 0.2) is 0 Å². The number of nitrogens with zero attached hydrogens (tertiary/aromatic N) is 4. The zero-order valence-corrected chi connectivity index (χ0v) is 16.0. The summed E-state index contributed by atoms with van der Waals surface area (Å²) in [7, 11) is 0. The quantitative estimate of drug-likeness (QED) is 0.182. The number of carbonyl (C=O) groups excluding carboxylic acids is 2. The first-order valence-corrected chi connectivity index (χ1v) is 9.17. The Kier molecular flexibility index (Phi) is 6.62. The van der Waals surface area contributed by atoms with Gasteiger partial charge in [-0.15, -0.1) is 0 Å². The van der Waals surface area contributed by atoms with E-state index in [9.17, 15) is 14.9 Å². The predicted octanol–water partition coefficient (Wildman–Crippen LogP) is 3.50. The van der Waals surface area contributed by atoms with Crippen LogP contribution < -0.4 is 14.5 Å². The molecule has 3 rings (SSSR count). The van der Waals surface area contributed by atoms with Crippen molar-refractivity contribution in [3.05, 3.63) is 71.8 Å². The zero-order chi connectivity index (χ0) is 21.3. The van der Waals surface area contributed by atoms with E-state index < -0.39 is 0 Å². The highest BCUT2D eigenvalue weighted by Crippen LogP contribution is 2.24. The van der Waals surface area contributed by atoms with Crippen LogP contribution in [0.1, 0.15) is 17.5 Å². The molecule has 0 fully saturated rings. The second-order valence-electron chi connectivity index (χ2n) is 6.30. The molecular formula is C22H18N5O3+. The summed E-state index contributed by atoms with van der Waals surface area (Å²) < 4.78 is 5.59. The van der Waals surface area contributed by atoms with Gasteiger partial charge in [-0.05, 0) is 41.5 Å². The first kappa shape index (κ1) is 20.4. The van der Waals surface area contributed by atoms with E-state index in [0.29, 0.717) is 42.1 Å². The molecule has 0 saturated carbocycles. The lowest BCUT2D eigenvalue weighted by Gasteiger charge is -2.14. The molecule has 1 heterocycles. The fraction of sp³-hybridized carbons (Fsp3) is 0.136. The van der Waals surface area contributed by atoms with Gasteiger partial charge >= 0.3 is 0 Å². The van der Waals surface area contributed by atoms with Crippen LogP contribution in [0.3, 0.4) is 0 Å². The summed E-state index contributed by atoms with van der Waals surface area (Å²) in [6.45, 7) is 0.923. The van der Waals surface area contributed by atoms with Crippen molar-refractivity contribution in [2.24, 2.45) is 5.11 Å². The van der Waals surface area contributed by atoms with Crippen molar-refractivity contribution in [2.45, 2.75) is 6.42 Å². The Labute approximate surface area is 172 Å². The summed E-state index contributed by atoms with van der Waals surface area (Å²) in [5, 5.41) is 13.1. The minimum atomic E-state index is -0.383. The Bertz CT molecular complexity index is 1070. The largest absolute Gasteiger partial charge is 0.494 e. The minimum Gasteiger partial charge on any atom is -0.494 e. The van der Waals surface area contributed by atoms with Crippen molar-refractivity contribution in [2.75, 3.05) is 18.1 Å². The maximum absolute atomic E-state index is 11.8. The van der Waals surface area contributed by atoms with Crippen LogP contribution in [0.4, 0.5) is 5.69 Å². The number of ether oxygens (including phenoxy) is 1. The Morgan fingerprint density at radius 2 is 1.77 bits per heavy atom. The SMILES string of the molecule is N#C/C(=C\c1ccc(OCCCN=[N+]=N)cc1)c1ccc(N2C(=O)C=CC2=O)cc1. The topological polar surface area (TPSA) is 121 Å². The van der Waals surface area contributed by atoms with Gasteiger partial charge < -0.3 is 4.74 Å². The molecule has 2 aromatic rings. The second kappa shape index (κ2) is 9.73. The highest BCUT2D eigenvalue weighted by atomic mass is 16.5. The number of nitrogens with one attached hydrogen (secondary N) is 1. The van der Waals surface area contributed by atoms with Gasteiger partial charge in [0, 0.05) is 18.6 Å². The van der Waals surface area contributed by atoms with Crippen molar-refractivity contribution >= 4 is 29.2 Å². The van der Waals surface area contributed by atoms with Crippen LogP contribution >= 0.6 is 0 Å². The molecule has 2 amide bonds. The van der Waals surface area contributed by atoms with Crippen LogP contribution in [0, 0.1) is 16.9 Å². The Balaban J connectivity index is 1.68. The van der Waals surface area contributed by atoms with E-state index in [1.165, 1.54) is 12.2 Å². The second-order valence-corrected chi connectivity index (χ2v) is 6.30. The number of amides is 2. The van der Waals surface area contributed by atoms with Crippen LogP contribution in [0.2, 0.25) is 0 Å². The van der Waals surface area contributed by atoms with Gasteiger partial charge in [0.2, 0.25) is 4.91 Å². The molecule has 8 nitrogen and oxygen atoms in total. The van der Waals surface area contributed by atoms with E-state index in [1.807, 2.05) is 24.3 Å². The normalized spacial score (nSPS) is 13.2. The van der Waals surface area contributed by atoms with E-state index in [1.54, 1.807) is 30.3 Å². The predicted molar refractivity (Wildman–Crippen MR) is 110 cm³/mol. The van der Waals surface area contributed by atoms with E-state index in [0.717, 1.165) is 10.5 Å². The number of carbonyl (C=O) groups is 2. The average molecular weight is 400 g/mol. The molecule has 2 aromatic carbocycles. The molecule has 0 saturated heterocycles. The number of benzene rings is 2. The lowest BCUT2D eigenvalue weighted by molar-refractivity contribution is -0.119. The molecule has 0 aromatic heterocycles. The molecule has 0 radical (unpaired) electrons. The van der Waals surface area contributed by atoms with E-state index >= 15 is 0 Å². The smallest absolute Gasteiger partial charge is 0.258 e. The van der Waals surface area contributed by atoms with Crippen LogP contribution in [-0.4, -0.2) is 25.0 Å². The van der Waals surface area contributed by atoms with Crippen molar-refractivity contribution in [1.82, 2.24) is 4.91 Å². The lowest BCUT2D eigenvalue weighted by atomic mass is 10.0. The molecule has 0 atom stereocenters. The maximum atomic E-state index is 11.8. The van der Waals surface area contributed by atoms with Crippen LogP contribution in [0.15, 0.2) is 65.8 Å². The van der Waals surface area contributed by atoms with Crippen LogP contribution in [-0.2, 0) is 9.59 Å². The molecule has 148 valence electrons. The third-order valence-electron chi connectivity index (χ3n) is 4.30. The lowest BCUT2D eigenvalue weighted by Crippen LogP contribution is -2.29. The molecule has 0 aliphatic carbocycles. The van der Waals surface area contributed by atoms with Gasteiger partial charge in [0.05, 0.1) is 23.9 Å². The van der Waals surface area contributed by atoms with Gasteiger partial charge in [-0.1, -0.05) is 24.3 Å². The fourth-order valence-corrected chi connectivity index (χ4v) is 2.83. The number of hydrogen-bond donors (Lipinski definition) is 1. The maximum Gasteiger partial charge on any atom is 0.258 e. The molecule has 0 spiro atoms. The van der Waals surface area contributed by atoms with Crippen LogP contribution in [0.5, 0.6) is 5.75 Å². The summed E-state index contributed by atoms with van der Waals surface area (Å²) in [4.78, 5) is 27.6. The molecule has 0 unspecified atom stereocenters. The van der Waals surface area contributed by atoms with E-state index in [-0.39, 0.29) is 11.8 Å². The molecule has 30 heavy (non-hydrogen) atoms. The van der Waals surface area contributed by atoms with E-state index in [2.05, 4.69) is 16.1 Å². The Hall–Kier alpha value is -4.34. The molecule has 1 aliphatic heterocycles. The van der Waals surface area contributed by atoms with Gasteiger partial charge in [-0.25, -0.2) is 4.90 Å². The standard InChI is InChI=1S/C22H18N5O3/c23-15-18(14-16-2-8-20(9-3-16)30-13-1-12-25-26-24)17-4-6-19(7-5-17)27-21(28)10-11-22(27)29/h2-11,14,24H,1,12-13H2/q+1/b18-14+. The fourth-order valence-electron chi connectivity index (χ4n) is 2.83. The summed E-state index contributed by atoms with van der Waals surface area (Å²) in [5.74, 6) is -0.0647. The van der Waals surface area contributed by atoms with Gasteiger partial charge in [0.1, 0.15) is 22.9 Å². The van der Waals surface area contributed by atoms with Gasteiger partial charge in [-0.2, -0.15) is 5.26 Å². The molecule has 8 heteroatoms. The highest BCUT2D eigenvalue weighted by Gasteiger charge is 2.24. The summed E-state index contributed by atoms with van der Waals surface area (Å²) in [5.41, 5.74) is 9.01. The van der Waals surface area contributed by atoms with Crippen LogP contribution in [0.25, 0.3) is 11.6 Å². The molecular weight excluding hydrogens is 382 g/mol. The molecule has 1 aliphatic rings. The Morgan fingerprint density at radius 1 is 1.10 bits per heavy atom.